The molecule has 2 aromatic heterocycles. The van der Waals surface area contributed by atoms with Gasteiger partial charge in [-0.2, -0.15) is 14.0 Å². The second-order valence-electron chi connectivity index (χ2n) is 6.86. The number of rotatable bonds is 7. The molecule has 0 aliphatic carbocycles. The molecule has 168 valence electrons. The molecule has 1 unspecified atom stereocenters. The highest BCUT2D eigenvalue weighted by Crippen LogP contribution is 2.40. The normalized spacial score (nSPS) is 20.6. The largest absolute Gasteiger partial charge is 0.477 e. The molecule has 0 spiro atoms. The summed E-state index contributed by atoms with van der Waals surface area (Å²) in [6.07, 6.45) is 3.66. The third-order valence-corrected chi connectivity index (χ3v) is 6.79. The second kappa shape index (κ2) is 8.58. The number of carbonyl (C=O) groups is 3. The van der Waals surface area contributed by atoms with E-state index in [0.717, 1.165) is 11.5 Å². The van der Waals surface area contributed by atoms with Crippen LogP contribution in [0.15, 0.2) is 34.9 Å². The van der Waals surface area contributed by atoms with E-state index < -0.39 is 29.2 Å². The summed E-state index contributed by atoms with van der Waals surface area (Å²) in [7, 11) is 3.09. The Kier molecular flexibility index (Phi) is 5.84. The maximum Gasteiger partial charge on any atom is 0.352 e. The topological polar surface area (TPSA) is 169 Å². The predicted molar refractivity (Wildman–Crippen MR) is 113 cm³/mol. The Hall–Kier alpha value is -3.46. The van der Waals surface area contributed by atoms with E-state index >= 15 is 0 Å². The van der Waals surface area contributed by atoms with Crippen LogP contribution < -0.4 is 15.7 Å². The van der Waals surface area contributed by atoms with Gasteiger partial charge in [0.25, 0.3) is 11.8 Å². The van der Waals surface area contributed by atoms with E-state index in [-0.39, 0.29) is 22.4 Å². The van der Waals surface area contributed by atoms with Crippen LogP contribution in [0.4, 0.5) is 5.13 Å². The van der Waals surface area contributed by atoms with E-state index in [1.807, 2.05) is 34.9 Å². The Balaban J connectivity index is 1.54. The fourth-order valence-electron chi connectivity index (χ4n) is 3.43. The number of nitrogen functional groups attached to an aromatic ring is 1. The number of carboxylic acid groups (broad SMARTS) is 1. The van der Waals surface area contributed by atoms with Crippen molar-refractivity contribution in [3.05, 3.63) is 35.6 Å². The Morgan fingerprint density at radius 3 is 2.88 bits per heavy atom. The molecule has 4 N–H and O–H groups in total. The molecule has 1 fully saturated rings. The predicted octanol–water partition coefficient (Wildman–Crippen LogP) is -1.46. The third-order valence-electron chi connectivity index (χ3n) is 4.91. The molecule has 1 saturated heterocycles. The van der Waals surface area contributed by atoms with Crippen LogP contribution in [0.2, 0.25) is 0 Å². The van der Waals surface area contributed by atoms with E-state index in [9.17, 15) is 19.5 Å². The SMILES string of the molecule is CON=C(C(=O)NC1C(=O)N2C(C(=O)O)=C(Cn3ccc[n+]3C)CS[C@H]12)c1nsc(N)n1. The lowest BCUT2D eigenvalue weighted by Crippen LogP contribution is -2.71. The van der Waals surface area contributed by atoms with Crippen molar-refractivity contribution < 1.29 is 29.0 Å². The van der Waals surface area contributed by atoms with E-state index in [1.54, 1.807) is 0 Å². The summed E-state index contributed by atoms with van der Waals surface area (Å²) in [5, 5.41) is 15.6. The number of hydrogen-bond acceptors (Lipinski definition) is 10. The molecular weight excluding hydrogens is 460 g/mol. The number of aliphatic carboxylic acids is 1. The van der Waals surface area contributed by atoms with Gasteiger partial charge >= 0.3 is 5.97 Å². The van der Waals surface area contributed by atoms with Crippen LogP contribution in [-0.4, -0.2) is 71.8 Å². The number of fused-ring (bicyclic) bond motifs is 1. The molecule has 0 aromatic carbocycles. The van der Waals surface area contributed by atoms with Crippen molar-refractivity contribution in [2.45, 2.75) is 18.0 Å². The minimum absolute atomic E-state index is 0.0280. The fourth-order valence-corrected chi connectivity index (χ4v) is 5.20. The average Bonchev–Trinajstić information content (AvgIpc) is 3.37. The summed E-state index contributed by atoms with van der Waals surface area (Å²) in [6.45, 7) is 0.327. The van der Waals surface area contributed by atoms with Gasteiger partial charge in [-0.25, -0.2) is 4.79 Å². The fraction of sp³-hybridized carbons (Fsp3) is 0.353. The standard InChI is InChI=1S/C17H18N8O5S2/c1-23-4-3-5-24(23)6-8-7-31-15-10(14(27)25(15)11(8)16(28)29)19-13(26)9(21-30-2)12-20-17(18)32-22-12/h3-5,10,15H,6-7H2,1-2H3,(H3-,18,19,20,22,26,28,29)/p+1/t10?,15-/m1/s1. The number of nitrogens with two attached hydrogens (primary N) is 1. The van der Waals surface area contributed by atoms with Gasteiger partial charge in [0, 0.05) is 23.4 Å². The first-order chi connectivity index (χ1) is 15.3. The van der Waals surface area contributed by atoms with Crippen LogP contribution in [0.1, 0.15) is 5.82 Å². The zero-order valence-corrected chi connectivity index (χ0v) is 18.6. The van der Waals surface area contributed by atoms with Crippen LogP contribution >= 0.6 is 23.3 Å². The number of aromatic nitrogens is 4. The molecule has 2 aliphatic heterocycles. The number of nitrogens with zero attached hydrogens (tertiary/aromatic N) is 6. The number of anilines is 1. The van der Waals surface area contributed by atoms with Gasteiger partial charge in [0.2, 0.25) is 11.5 Å². The van der Waals surface area contributed by atoms with Gasteiger partial charge in [0.1, 0.15) is 30.8 Å². The van der Waals surface area contributed by atoms with Gasteiger partial charge in [-0.3, -0.25) is 14.5 Å². The lowest BCUT2D eigenvalue weighted by Gasteiger charge is -2.49. The molecule has 32 heavy (non-hydrogen) atoms. The number of oxime groups is 1. The van der Waals surface area contributed by atoms with E-state index in [0.29, 0.717) is 17.9 Å². The summed E-state index contributed by atoms with van der Waals surface area (Å²) in [5.74, 6) is -2.08. The van der Waals surface area contributed by atoms with Gasteiger partial charge in [0.05, 0.1) is 6.20 Å². The van der Waals surface area contributed by atoms with Crippen LogP contribution in [0.25, 0.3) is 0 Å². The monoisotopic (exact) mass is 479 g/mol. The number of carbonyl (C=O) groups excluding carboxylic acids is 2. The highest BCUT2D eigenvalue weighted by atomic mass is 32.2. The number of nitrogens with one attached hydrogen (secondary N) is 1. The van der Waals surface area contributed by atoms with Gasteiger partial charge < -0.3 is 21.0 Å². The van der Waals surface area contributed by atoms with Crippen molar-refractivity contribution >= 4 is 51.9 Å². The molecule has 2 atom stereocenters. The first kappa shape index (κ1) is 21.8. The highest BCUT2D eigenvalue weighted by Gasteiger charge is 2.54. The summed E-state index contributed by atoms with van der Waals surface area (Å²) in [4.78, 5) is 47.4. The van der Waals surface area contributed by atoms with Crippen molar-refractivity contribution in [1.29, 1.82) is 0 Å². The highest BCUT2D eigenvalue weighted by molar-refractivity contribution is 8.00. The van der Waals surface area contributed by atoms with Crippen molar-refractivity contribution in [2.75, 3.05) is 18.6 Å². The van der Waals surface area contributed by atoms with E-state index in [1.165, 1.54) is 23.8 Å². The van der Waals surface area contributed by atoms with Crippen molar-refractivity contribution in [3.63, 3.8) is 0 Å². The molecule has 13 nitrogen and oxygen atoms in total. The van der Waals surface area contributed by atoms with Crippen molar-refractivity contribution in [2.24, 2.45) is 12.2 Å². The summed E-state index contributed by atoms with van der Waals surface area (Å²) in [6, 6.07) is 0.911. The Morgan fingerprint density at radius 1 is 1.50 bits per heavy atom. The maximum absolute atomic E-state index is 12.9. The number of carboxylic acids is 1. The molecule has 2 aliphatic rings. The average molecular weight is 480 g/mol. The molecule has 15 heteroatoms. The quantitative estimate of drug-likeness (QED) is 0.186. The zero-order valence-electron chi connectivity index (χ0n) is 17.0. The first-order valence-electron chi connectivity index (χ1n) is 9.24. The van der Waals surface area contributed by atoms with Gasteiger partial charge in [-0.1, -0.05) is 5.16 Å². The Labute approximate surface area is 189 Å². The second-order valence-corrected chi connectivity index (χ2v) is 8.75. The molecule has 0 radical (unpaired) electrons. The third kappa shape index (κ3) is 3.80. The van der Waals surface area contributed by atoms with Crippen LogP contribution in [0, 0.1) is 0 Å². The van der Waals surface area contributed by atoms with Gasteiger partial charge in [-0.05, 0) is 5.57 Å². The summed E-state index contributed by atoms with van der Waals surface area (Å²) < 4.78 is 7.59. The zero-order chi connectivity index (χ0) is 23.0. The lowest BCUT2D eigenvalue weighted by molar-refractivity contribution is -0.752. The molecule has 0 bridgehead atoms. The number of hydrogen-bond donors (Lipinski definition) is 3. The van der Waals surface area contributed by atoms with Crippen molar-refractivity contribution in [1.82, 2.24) is 24.3 Å². The summed E-state index contributed by atoms with van der Waals surface area (Å²) in [5.41, 5.74) is 5.88. The molecule has 4 rings (SSSR count). The van der Waals surface area contributed by atoms with Crippen molar-refractivity contribution in [3.8, 4) is 0 Å². The minimum atomic E-state index is -1.19. The Bertz CT molecular complexity index is 1160. The number of thioether (sulfide) groups is 1. The molecule has 2 amide bonds. The molecule has 2 aromatic rings. The number of amides is 2. The van der Waals surface area contributed by atoms with E-state index in [2.05, 4.69) is 19.8 Å². The summed E-state index contributed by atoms with van der Waals surface area (Å²) >= 11 is 2.26. The molecule has 0 saturated carbocycles. The number of β-lactam (4-membered cyclic amide) rings is 1. The lowest BCUT2D eigenvalue weighted by atomic mass is 10.0. The Morgan fingerprint density at radius 2 is 2.28 bits per heavy atom. The van der Waals surface area contributed by atoms with Gasteiger partial charge in [0.15, 0.2) is 18.4 Å². The van der Waals surface area contributed by atoms with Crippen LogP contribution in [0.3, 0.4) is 0 Å². The maximum atomic E-state index is 12.9. The first-order valence-corrected chi connectivity index (χ1v) is 11.1. The minimum Gasteiger partial charge on any atom is -0.477 e. The number of aryl methyl sites for hydroxylation is 1. The van der Waals surface area contributed by atoms with E-state index in [4.69, 9.17) is 10.6 Å². The van der Waals surface area contributed by atoms with Crippen LogP contribution in [0.5, 0.6) is 0 Å². The van der Waals surface area contributed by atoms with Crippen LogP contribution in [-0.2, 0) is 32.8 Å². The smallest absolute Gasteiger partial charge is 0.352 e. The molecular formula is C17H19N8O5S2+. The van der Waals surface area contributed by atoms with Gasteiger partial charge in [-0.15, -0.1) is 16.4 Å². The molecule has 4 heterocycles.